The Morgan fingerprint density at radius 2 is 1.91 bits per heavy atom. The van der Waals surface area contributed by atoms with E-state index in [1.54, 1.807) is 11.8 Å². The summed E-state index contributed by atoms with van der Waals surface area (Å²) in [5.41, 5.74) is 11.1. The molecule has 0 aliphatic carbocycles. The van der Waals surface area contributed by atoms with Gasteiger partial charge in [-0.2, -0.15) is 4.68 Å². The normalized spacial score (nSPS) is 10.7. The Morgan fingerprint density at radius 1 is 1.09 bits per heavy atom. The molecule has 2 aromatic carbocycles. The number of aryl methyl sites for hydroxylation is 2. The average molecular weight is 294 g/mol. The lowest BCUT2D eigenvalue weighted by Gasteiger charge is -2.07. The average Bonchev–Trinajstić information content (AvgIpc) is 2.91. The minimum Gasteiger partial charge on any atom is -0.497 e. The monoisotopic (exact) mass is 294 g/mol. The van der Waals surface area contributed by atoms with Crippen LogP contribution in [0.3, 0.4) is 0 Å². The fraction of sp³-hybridized carbons (Fsp3) is 0.176. The predicted octanol–water partition coefficient (Wildman–Crippen LogP) is 3.14. The Labute approximate surface area is 129 Å². The minimum atomic E-state index is 0.516. The summed E-state index contributed by atoms with van der Waals surface area (Å²) in [5.74, 6) is 1.27. The molecule has 3 aromatic rings. The maximum absolute atomic E-state index is 6.28. The van der Waals surface area contributed by atoms with Crippen molar-refractivity contribution in [2.24, 2.45) is 0 Å². The van der Waals surface area contributed by atoms with Crippen LogP contribution in [0.1, 0.15) is 11.1 Å². The van der Waals surface area contributed by atoms with Crippen LogP contribution in [0.5, 0.6) is 5.75 Å². The molecule has 0 spiro atoms. The van der Waals surface area contributed by atoms with Crippen LogP contribution in [0.25, 0.3) is 16.9 Å². The van der Waals surface area contributed by atoms with Crippen molar-refractivity contribution in [3.63, 3.8) is 0 Å². The molecule has 2 N–H and O–H groups in total. The first-order chi connectivity index (χ1) is 10.6. The second-order valence-electron chi connectivity index (χ2n) is 5.25. The Balaban J connectivity index is 2.10. The Kier molecular flexibility index (Phi) is 3.55. The number of ether oxygens (including phenoxy) is 1. The molecule has 0 unspecified atom stereocenters. The van der Waals surface area contributed by atoms with Crippen LogP contribution in [0.15, 0.2) is 42.5 Å². The first kappa shape index (κ1) is 14.1. The maximum Gasteiger partial charge on any atom is 0.155 e. The van der Waals surface area contributed by atoms with E-state index in [1.807, 2.05) is 38.1 Å². The molecule has 5 nitrogen and oxygen atoms in total. The van der Waals surface area contributed by atoms with E-state index in [0.717, 1.165) is 28.1 Å². The van der Waals surface area contributed by atoms with E-state index >= 15 is 0 Å². The lowest BCUT2D eigenvalue weighted by molar-refractivity contribution is 0.414. The molecule has 5 heteroatoms. The molecule has 0 bridgehead atoms. The lowest BCUT2D eigenvalue weighted by Crippen LogP contribution is -2.02. The molecule has 1 aromatic heterocycles. The second-order valence-corrected chi connectivity index (χ2v) is 5.25. The third-order valence-electron chi connectivity index (χ3n) is 3.65. The molecule has 0 aliphatic rings. The Hall–Kier alpha value is -2.82. The summed E-state index contributed by atoms with van der Waals surface area (Å²) in [5, 5.41) is 8.46. The molecule has 0 radical (unpaired) electrons. The van der Waals surface area contributed by atoms with E-state index in [9.17, 15) is 0 Å². The number of hydrogen-bond donors (Lipinski definition) is 1. The number of anilines is 1. The molecule has 0 fully saturated rings. The zero-order valence-corrected chi connectivity index (χ0v) is 12.9. The lowest BCUT2D eigenvalue weighted by atomic mass is 10.0. The van der Waals surface area contributed by atoms with Crippen molar-refractivity contribution in [3.05, 3.63) is 53.6 Å². The van der Waals surface area contributed by atoms with Crippen LogP contribution in [0.2, 0.25) is 0 Å². The zero-order chi connectivity index (χ0) is 15.7. The highest BCUT2D eigenvalue weighted by atomic mass is 16.5. The predicted molar refractivity (Wildman–Crippen MR) is 87.2 cm³/mol. The van der Waals surface area contributed by atoms with E-state index in [0.29, 0.717) is 11.5 Å². The molecular formula is C17H18N4O. The number of aromatic nitrogens is 3. The van der Waals surface area contributed by atoms with Gasteiger partial charge in [-0.1, -0.05) is 29.0 Å². The fourth-order valence-corrected chi connectivity index (χ4v) is 2.40. The summed E-state index contributed by atoms with van der Waals surface area (Å²) in [6.07, 6.45) is 0. The Morgan fingerprint density at radius 3 is 2.68 bits per heavy atom. The number of nitrogens with zero attached hydrogens (tertiary/aromatic N) is 3. The van der Waals surface area contributed by atoms with E-state index in [2.05, 4.69) is 28.5 Å². The van der Waals surface area contributed by atoms with Gasteiger partial charge in [0, 0.05) is 11.6 Å². The van der Waals surface area contributed by atoms with Crippen LogP contribution in [0.4, 0.5) is 5.82 Å². The summed E-state index contributed by atoms with van der Waals surface area (Å²) in [7, 11) is 1.63. The van der Waals surface area contributed by atoms with Crippen molar-refractivity contribution in [2.75, 3.05) is 12.8 Å². The van der Waals surface area contributed by atoms with Gasteiger partial charge in [0.1, 0.15) is 11.4 Å². The van der Waals surface area contributed by atoms with Gasteiger partial charge in [0.05, 0.1) is 12.8 Å². The summed E-state index contributed by atoms with van der Waals surface area (Å²) < 4.78 is 6.86. The van der Waals surface area contributed by atoms with Crippen LogP contribution in [-0.2, 0) is 0 Å². The highest BCUT2D eigenvalue weighted by Gasteiger charge is 2.15. The van der Waals surface area contributed by atoms with Gasteiger partial charge in [-0.25, -0.2) is 0 Å². The van der Waals surface area contributed by atoms with Crippen molar-refractivity contribution < 1.29 is 4.74 Å². The van der Waals surface area contributed by atoms with E-state index in [4.69, 9.17) is 10.5 Å². The molecular weight excluding hydrogens is 276 g/mol. The molecule has 0 saturated carbocycles. The number of hydrogen-bond acceptors (Lipinski definition) is 4. The van der Waals surface area contributed by atoms with Gasteiger partial charge in [0.15, 0.2) is 5.82 Å². The topological polar surface area (TPSA) is 66.0 Å². The quantitative estimate of drug-likeness (QED) is 0.806. The third-order valence-corrected chi connectivity index (χ3v) is 3.65. The van der Waals surface area contributed by atoms with Crippen LogP contribution in [0, 0.1) is 13.8 Å². The maximum atomic E-state index is 6.28. The smallest absolute Gasteiger partial charge is 0.155 e. The number of nitrogen functional groups attached to an aromatic ring is 1. The Bertz CT molecular complexity index is 823. The second kappa shape index (κ2) is 5.52. The number of methoxy groups -OCH3 is 1. The van der Waals surface area contributed by atoms with Crippen molar-refractivity contribution >= 4 is 5.82 Å². The van der Waals surface area contributed by atoms with Crippen molar-refractivity contribution in [2.45, 2.75) is 13.8 Å². The number of rotatable bonds is 3. The minimum absolute atomic E-state index is 0.516. The van der Waals surface area contributed by atoms with Crippen molar-refractivity contribution in [3.8, 4) is 22.7 Å². The summed E-state index contributed by atoms with van der Waals surface area (Å²) >= 11 is 0. The highest BCUT2D eigenvalue weighted by Crippen LogP contribution is 2.29. The summed E-state index contributed by atoms with van der Waals surface area (Å²) in [6.45, 7) is 4.09. The molecule has 0 atom stereocenters. The first-order valence-electron chi connectivity index (χ1n) is 7.03. The van der Waals surface area contributed by atoms with Gasteiger partial charge >= 0.3 is 0 Å². The molecule has 0 saturated heterocycles. The van der Waals surface area contributed by atoms with Gasteiger partial charge in [0.2, 0.25) is 0 Å². The molecule has 3 rings (SSSR count). The van der Waals surface area contributed by atoms with Gasteiger partial charge < -0.3 is 10.5 Å². The first-order valence-corrected chi connectivity index (χ1v) is 7.03. The van der Waals surface area contributed by atoms with Gasteiger partial charge in [-0.3, -0.25) is 0 Å². The van der Waals surface area contributed by atoms with E-state index < -0.39 is 0 Å². The van der Waals surface area contributed by atoms with Gasteiger partial charge in [0.25, 0.3) is 0 Å². The molecule has 1 heterocycles. The fourth-order valence-electron chi connectivity index (χ4n) is 2.40. The van der Waals surface area contributed by atoms with Crippen LogP contribution >= 0.6 is 0 Å². The van der Waals surface area contributed by atoms with E-state index in [-0.39, 0.29) is 0 Å². The third kappa shape index (κ3) is 2.41. The standard InChI is InChI=1S/C17H18N4O/c1-11-7-8-12(2)15(9-11)16-17(18)21(20-19-16)13-5-4-6-14(10-13)22-3/h4-10H,18H2,1-3H3. The zero-order valence-electron chi connectivity index (χ0n) is 12.9. The number of nitrogens with two attached hydrogens (primary N) is 1. The number of benzene rings is 2. The van der Waals surface area contributed by atoms with E-state index in [1.165, 1.54) is 0 Å². The van der Waals surface area contributed by atoms with Crippen LogP contribution in [-0.4, -0.2) is 22.1 Å². The molecule has 112 valence electrons. The van der Waals surface area contributed by atoms with Crippen molar-refractivity contribution in [1.82, 2.24) is 15.0 Å². The molecule has 0 amide bonds. The van der Waals surface area contributed by atoms with Gasteiger partial charge in [-0.15, -0.1) is 5.10 Å². The largest absolute Gasteiger partial charge is 0.497 e. The van der Waals surface area contributed by atoms with Gasteiger partial charge in [-0.05, 0) is 37.6 Å². The summed E-state index contributed by atoms with van der Waals surface area (Å²) in [6, 6.07) is 13.8. The highest BCUT2D eigenvalue weighted by molar-refractivity contribution is 5.74. The SMILES string of the molecule is COc1cccc(-n2nnc(-c3cc(C)ccc3C)c2N)c1. The van der Waals surface area contributed by atoms with Crippen LogP contribution < -0.4 is 10.5 Å². The molecule has 0 aliphatic heterocycles. The molecule has 22 heavy (non-hydrogen) atoms. The van der Waals surface area contributed by atoms with Crippen molar-refractivity contribution in [1.29, 1.82) is 0 Å². The summed E-state index contributed by atoms with van der Waals surface area (Å²) in [4.78, 5) is 0.